The van der Waals surface area contributed by atoms with Crippen LogP contribution < -0.4 is 0 Å². The van der Waals surface area contributed by atoms with Crippen LogP contribution in [0.4, 0.5) is 0 Å². The molecule has 0 bridgehead atoms. The topological polar surface area (TPSA) is 0 Å². The predicted octanol–water partition coefficient (Wildman–Crippen LogP) is 4.81. The maximum absolute atomic E-state index is 2.71. The first-order valence-electron chi connectivity index (χ1n) is 6.45. The van der Waals surface area contributed by atoms with E-state index < -0.39 is 0 Å². The highest BCUT2D eigenvalue weighted by Crippen LogP contribution is 2.44. The summed E-state index contributed by atoms with van der Waals surface area (Å²) < 4.78 is 0.955. The molecule has 0 spiro atoms. The van der Waals surface area contributed by atoms with Crippen LogP contribution in [0.2, 0.25) is 0 Å². The van der Waals surface area contributed by atoms with E-state index in [2.05, 4.69) is 29.5 Å². The summed E-state index contributed by atoms with van der Waals surface area (Å²) >= 11 is 2.71. The molecule has 0 nitrogen and oxygen atoms in total. The minimum Gasteiger partial charge on any atom is -0.0823 e. The van der Waals surface area contributed by atoms with Gasteiger partial charge in [0.1, 0.15) is 0 Å². The number of halogens is 1. The second-order valence-electron chi connectivity index (χ2n) is 5.31. The third kappa shape index (κ3) is 2.86. The maximum Gasteiger partial charge on any atom is 0.0138 e. The van der Waals surface area contributed by atoms with E-state index in [1.54, 1.807) is 25.7 Å². The lowest BCUT2D eigenvalue weighted by atomic mass is 9.74. The fourth-order valence-electron chi connectivity index (χ4n) is 3.09. The summed E-state index contributed by atoms with van der Waals surface area (Å²) in [4.78, 5) is 0. The Balaban J connectivity index is 1.87. The van der Waals surface area contributed by atoms with Crippen LogP contribution in [0.15, 0.2) is 0 Å². The van der Waals surface area contributed by atoms with Gasteiger partial charge >= 0.3 is 0 Å². The molecule has 0 aliphatic heterocycles. The molecule has 3 atom stereocenters. The van der Waals surface area contributed by atoms with Crippen molar-refractivity contribution in [2.45, 2.75) is 62.2 Å². The zero-order chi connectivity index (χ0) is 9.97. The average Bonchev–Trinajstić information content (AvgIpc) is 3.01. The Labute approximate surface area is 102 Å². The van der Waals surface area contributed by atoms with E-state index in [-0.39, 0.29) is 0 Å². The number of hydrogen-bond acceptors (Lipinski definition) is 0. The average molecular weight is 306 g/mol. The van der Waals surface area contributed by atoms with Gasteiger partial charge in [-0.3, -0.25) is 0 Å². The van der Waals surface area contributed by atoms with Gasteiger partial charge in [0.2, 0.25) is 0 Å². The summed E-state index contributed by atoms with van der Waals surface area (Å²) in [6, 6.07) is 0. The summed E-state index contributed by atoms with van der Waals surface area (Å²) in [5.74, 6) is 3.30. The van der Waals surface area contributed by atoms with Crippen molar-refractivity contribution in [1.29, 1.82) is 0 Å². The van der Waals surface area contributed by atoms with Crippen molar-refractivity contribution in [2.24, 2.45) is 17.8 Å². The molecule has 0 N–H and O–H groups in total. The van der Waals surface area contributed by atoms with E-state index in [0.717, 1.165) is 21.7 Å². The molecule has 0 saturated heterocycles. The van der Waals surface area contributed by atoms with Crippen LogP contribution in [0.25, 0.3) is 0 Å². The van der Waals surface area contributed by atoms with Gasteiger partial charge in [0.15, 0.2) is 0 Å². The Morgan fingerprint density at radius 1 is 1.14 bits per heavy atom. The van der Waals surface area contributed by atoms with E-state index in [1.165, 1.54) is 25.7 Å². The van der Waals surface area contributed by atoms with Crippen LogP contribution in [-0.2, 0) is 0 Å². The molecule has 14 heavy (non-hydrogen) atoms. The fourth-order valence-corrected chi connectivity index (χ4v) is 4.04. The molecule has 1 heteroatoms. The molecule has 2 aliphatic rings. The van der Waals surface area contributed by atoms with E-state index in [1.807, 2.05) is 0 Å². The molecule has 0 aromatic heterocycles. The third-order valence-corrected chi connectivity index (χ3v) is 5.96. The highest BCUT2D eigenvalue weighted by Gasteiger charge is 2.33. The lowest BCUT2D eigenvalue weighted by Gasteiger charge is -2.34. The van der Waals surface area contributed by atoms with Gasteiger partial charge in [-0.25, -0.2) is 0 Å². The van der Waals surface area contributed by atoms with Crippen LogP contribution in [0.3, 0.4) is 0 Å². The second-order valence-corrected chi connectivity index (χ2v) is 6.91. The fraction of sp³-hybridized carbons (Fsp3) is 1.00. The molecule has 0 aromatic rings. The Morgan fingerprint density at radius 3 is 2.50 bits per heavy atom. The van der Waals surface area contributed by atoms with Gasteiger partial charge in [0, 0.05) is 3.92 Å². The van der Waals surface area contributed by atoms with Gasteiger partial charge in [-0.05, 0) is 37.0 Å². The zero-order valence-electron chi connectivity index (χ0n) is 9.34. The first-order valence-corrected chi connectivity index (χ1v) is 7.70. The summed E-state index contributed by atoms with van der Waals surface area (Å²) in [6.07, 6.45) is 12.1. The summed E-state index contributed by atoms with van der Waals surface area (Å²) in [7, 11) is 0. The third-order valence-electron chi connectivity index (χ3n) is 4.16. The van der Waals surface area contributed by atoms with Crippen molar-refractivity contribution in [3.8, 4) is 0 Å². The molecule has 2 saturated carbocycles. The van der Waals surface area contributed by atoms with Crippen LogP contribution in [-0.4, -0.2) is 3.92 Å². The Bertz CT molecular complexity index is 174. The molecule has 2 aliphatic carbocycles. The molecule has 0 radical (unpaired) electrons. The quantitative estimate of drug-likeness (QED) is 0.516. The lowest BCUT2D eigenvalue weighted by molar-refractivity contribution is 0.213. The largest absolute Gasteiger partial charge is 0.0823 e. The molecular weight excluding hydrogens is 283 g/mol. The highest BCUT2D eigenvalue weighted by molar-refractivity contribution is 14.1. The molecule has 2 fully saturated rings. The first-order chi connectivity index (χ1) is 6.81. The standard InChI is InChI=1S/C13H23I/c1-2-13(14)12-6-4-3-5-11(12)9-10-7-8-10/h10-13H,2-9H2,1H3. The van der Waals surface area contributed by atoms with E-state index in [9.17, 15) is 0 Å². The Morgan fingerprint density at radius 2 is 1.86 bits per heavy atom. The smallest absolute Gasteiger partial charge is 0.0138 e. The van der Waals surface area contributed by atoms with Crippen molar-refractivity contribution in [1.82, 2.24) is 0 Å². The maximum atomic E-state index is 2.71. The van der Waals surface area contributed by atoms with Crippen LogP contribution in [0, 0.1) is 17.8 Å². The number of hydrogen-bond donors (Lipinski definition) is 0. The number of alkyl halides is 1. The normalized spacial score (nSPS) is 35.6. The Hall–Kier alpha value is 0.730. The molecule has 82 valence electrons. The van der Waals surface area contributed by atoms with Crippen LogP contribution in [0.5, 0.6) is 0 Å². The van der Waals surface area contributed by atoms with Crippen molar-refractivity contribution >= 4 is 22.6 Å². The summed E-state index contributed by atoms with van der Waals surface area (Å²) in [5, 5.41) is 0. The molecule has 0 heterocycles. The van der Waals surface area contributed by atoms with Crippen LogP contribution >= 0.6 is 22.6 Å². The van der Waals surface area contributed by atoms with E-state index in [0.29, 0.717) is 0 Å². The van der Waals surface area contributed by atoms with Gasteiger partial charge in [0.05, 0.1) is 0 Å². The minimum absolute atomic E-state index is 0.955. The van der Waals surface area contributed by atoms with Gasteiger partial charge in [-0.1, -0.05) is 61.6 Å². The van der Waals surface area contributed by atoms with Gasteiger partial charge in [-0.2, -0.15) is 0 Å². The molecule has 0 amide bonds. The SMILES string of the molecule is CCC(I)C1CCCCC1CC1CC1. The molecular formula is C13H23I. The van der Waals surface area contributed by atoms with Crippen molar-refractivity contribution in [2.75, 3.05) is 0 Å². The molecule has 2 rings (SSSR count). The van der Waals surface area contributed by atoms with Gasteiger partial charge in [0.25, 0.3) is 0 Å². The molecule has 0 aromatic carbocycles. The van der Waals surface area contributed by atoms with Gasteiger partial charge < -0.3 is 0 Å². The monoisotopic (exact) mass is 306 g/mol. The zero-order valence-corrected chi connectivity index (χ0v) is 11.5. The predicted molar refractivity (Wildman–Crippen MR) is 70.9 cm³/mol. The lowest BCUT2D eigenvalue weighted by Crippen LogP contribution is -2.27. The van der Waals surface area contributed by atoms with Crippen molar-refractivity contribution in [3.63, 3.8) is 0 Å². The van der Waals surface area contributed by atoms with E-state index in [4.69, 9.17) is 0 Å². The minimum atomic E-state index is 0.955. The number of rotatable bonds is 4. The highest BCUT2D eigenvalue weighted by atomic mass is 127. The Kier molecular flexibility index (Phi) is 4.15. The van der Waals surface area contributed by atoms with Crippen LogP contribution in [0.1, 0.15) is 58.3 Å². The van der Waals surface area contributed by atoms with Crippen molar-refractivity contribution in [3.05, 3.63) is 0 Å². The summed E-state index contributed by atoms with van der Waals surface area (Å²) in [6.45, 7) is 2.36. The van der Waals surface area contributed by atoms with E-state index >= 15 is 0 Å². The first kappa shape index (κ1) is 11.2. The van der Waals surface area contributed by atoms with Gasteiger partial charge in [-0.15, -0.1) is 0 Å². The van der Waals surface area contributed by atoms with Crippen molar-refractivity contribution < 1.29 is 0 Å². The summed E-state index contributed by atoms with van der Waals surface area (Å²) in [5.41, 5.74) is 0. The molecule has 3 unspecified atom stereocenters. The second kappa shape index (κ2) is 5.18.